The van der Waals surface area contributed by atoms with Gasteiger partial charge in [0.2, 0.25) is 5.91 Å². The fraction of sp³-hybridized carbons (Fsp3) is 0.714. The Labute approximate surface area is 118 Å². The van der Waals surface area contributed by atoms with Gasteiger partial charge in [-0.2, -0.15) is 0 Å². The summed E-state index contributed by atoms with van der Waals surface area (Å²) in [6.45, 7) is 2.72. The zero-order valence-corrected chi connectivity index (χ0v) is 12.3. The Morgan fingerprint density at radius 2 is 2.26 bits per heavy atom. The molecule has 1 atom stereocenters. The predicted octanol–water partition coefficient (Wildman–Crippen LogP) is 2.41. The largest absolute Gasteiger partial charge is 0.355 e. The summed E-state index contributed by atoms with van der Waals surface area (Å²) in [6, 6.07) is 0. The van der Waals surface area contributed by atoms with Gasteiger partial charge in [0.15, 0.2) is 0 Å². The molecule has 1 amide bonds. The fourth-order valence-corrected chi connectivity index (χ4v) is 3.35. The lowest BCUT2D eigenvalue weighted by atomic mass is 9.80. The standard InChI is InChI=1S/C14H23N3OS/c1-11(13-16-7-8-19-13)10-17-12(18)9-14(15)5-3-2-4-6-14/h7-8,11H,2-6,9-10,15H2,1H3,(H,17,18). The molecule has 4 nitrogen and oxygen atoms in total. The van der Waals surface area contributed by atoms with Gasteiger partial charge in [0, 0.05) is 36.0 Å². The molecule has 1 unspecified atom stereocenters. The van der Waals surface area contributed by atoms with E-state index in [9.17, 15) is 4.79 Å². The van der Waals surface area contributed by atoms with Gasteiger partial charge in [0.05, 0.1) is 5.01 Å². The molecule has 0 saturated heterocycles. The van der Waals surface area contributed by atoms with Crippen LogP contribution in [-0.4, -0.2) is 23.0 Å². The van der Waals surface area contributed by atoms with Crippen LogP contribution >= 0.6 is 11.3 Å². The molecule has 2 rings (SSSR count). The van der Waals surface area contributed by atoms with Gasteiger partial charge in [0.25, 0.3) is 0 Å². The van der Waals surface area contributed by atoms with E-state index in [2.05, 4.69) is 17.2 Å². The number of thiazole rings is 1. The minimum Gasteiger partial charge on any atom is -0.355 e. The highest BCUT2D eigenvalue weighted by Gasteiger charge is 2.29. The highest BCUT2D eigenvalue weighted by Crippen LogP contribution is 2.28. The Kier molecular flexibility index (Phi) is 4.93. The van der Waals surface area contributed by atoms with Crippen molar-refractivity contribution in [3.8, 4) is 0 Å². The Hall–Kier alpha value is -0.940. The van der Waals surface area contributed by atoms with Crippen LogP contribution in [0.25, 0.3) is 0 Å². The number of aromatic nitrogens is 1. The first-order valence-corrected chi connectivity index (χ1v) is 7.92. The molecule has 1 aliphatic rings. The SMILES string of the molecule is CC(CNC(=O)CC1(N)CCCCC1)c1nccs1. The average molecular weight is 281 g/mol. The van der Waals surface area contributed by atoms with E-state index in [1.165, 1.54) is 6.42 Å². The third-order valence-electron chi connectivity index (χ3n) is 3.84. The van der Waals surface area contributed by atoms with E-state index in [0.29, 0.717) is 13.0 Å². The zero-order chi connectivity index (χ0) is 13.7. The number of rotatable bonds is 5. The molecular weight excluding hydrogens is 258 g/mol. The fourth-order valence-electron chi connectivity index (χ4n) is 2.65. The smallest absolute Gasteiger partial charge is 0.221 e. The summed E-state index contributed by atoms with van der Waals surface area (Å²) in [7, 11) is 0. The van der Waals surface area contributed by atoms with Crippen molar-refractivity contribution in [3.63, 3.8) is 0 Å². The quantitative estimate of drug-likeness (QED) is 0.871. The lowest BCUT2D eigenvalue weighted by Gasteiger charge is -2.32. The molecule has 0 aromatic carbocycles. The third-order valence-corrected chi connectivity index (χ3v) is 4.85. The average Bonchev–Trinajstić information content (AvgIpc) is 2.90. The minimum absolute atomic E-state index is 0.0767. The molecule has 1 heterocycles. The molecule has 1 saturated carbocycles. The van der Waals surface area contributed by atoms with E-state index >= 15 is 0 Å². The normalized spacial score (nSPS) is 19.9. The van der Waals surface area contributed by atoms with E-state index in [-0.39, 0.29) is 17.4 Å². The van der Waals surface area contributed by atoms with Crippen LogP contribution in [0.5, 0.6) is 0 Å². The van der Waals surface area contributed by atoms with Gasteiger partial charge in [-0.1, -0.05) is 26.2 Å². The molecule has 1 fully saturated rings. The molecule has 0 spiro atoms. The molecule has 1 aromatic rings. The highest BCUT2D eigenvalue weighted by atomic mass is 32.1. The summed E-state index contributed by atoms with van der Waals surface area (Å²) in [5.74, 6) is 0.344. The first-order chi connectivity index (χ1) is 9.09. The van der Waals surface area contributed by atoms with E-state index in [1.807, 2.05) is 5.38 Å². The van der Waals surface area contributed by atoms with Gasteiger partial charge < -0.3 is 11.1 Å². The Morgan fingerprint density at radius 1 is 1.53 bits per heavy atom. The van der Waals surface area contributed by atoms with Gasteiger partial charge in [-0.25, -0.2) is 4.98 Å². The molecular formula is C14H23N3OS. The minimum atomic E-state index is -0.271. The van der Waals surface area contributed by atoms with Crippen LogP contribution in [0.1, 0.15) is 56.4 Å². The molecule has 19 heavy (non-hydrogen) atoms. The van der Waals surface area contributed by atoms with Gasteiger partial charge in [-0.05, 0) is 12.8 Å². The third kappa shape index (κ3) is 4.28. The van der Waals surface area contributed by atoms with Gasteiger partial charge >= 0.3 is 0 Å². The number of nitrogens with two attached hydrogens (primary N) is 1. The van der Waals surface area contributed by atoms with Crippen molar-refractivity contribution in [2.45, 2.75) is 56.9 Å². The van der Waals surface area contributed by atoms with E-state index in [0.717, 1.165) is 30.7 Å². The summed E-state index contributed by atoms with van der Waals surface area (Å²) in [6.07, 6.45) is 7.76. The number of nitrogens with zero attached hydrogens (tertiary/aromatic N) is 1. The molecule has 0 radical (unpaired) electrons. The second kappa shape index (κ2) is 6.48. The molecule has 0 aliphatic heterocycles. The monoisotopic (exact) mass is 281 g/mol. The molecule has 1 aliphatic carbocycles. The van der Waals surface area contributed by atoms with Crippen molar-refractivity contribution >= 4 is 17.2 Å². The first kappa shape index (κ1) is 14.5. The maximum atomic E-state index is 12.0. The zero-order valence-electron chi connectivity index (χ0n) is 11.5. The summed E-state index contributed by atoms with van der Waals surface area (Å²) in [5, 5.41) is 6.02. The van der Waals surface area contributed by atoms with Crippen molar-refractivity contribution in [2.24, 2.45) is 5.73 Å². The number of amides is 1. The highest BCUT2D eigenvalue weighted by molar-refractivity contribution is 7.09. The number of carbonyl (C=O) groups excluding carboxylic acids is 1. The molecule has 3 N–H and O–H groups in total. The second-order valence-corrected chi connectivity index (χ2v) is 6.60. The van der Waals surface area contributed by atoms with Gasteiger partial charge in [0.1, 0.15) is 0 Å². The van der Waals surface area contributed by atoms with Gasteiger partial charge in [-0.3, -0.25) is 4.79 Å². The summed E-state index contributed by atoms with van der Waals surface area (Å²) >= 11 is 1.63. The Morgan fingerprint density at radius 3 is 2.89 bits per heavy atom. The number of hydrogen-bond donors (Lipinski definition) is 2. The first-order valence-electron chi connectivity index (χ1n) is 7.04. The molecule has 1 aromatic heterocycles. The van der Waals surface area contributed by atoms with Crippen molar-refractivity contribution in [3.05, 3.63) is 16.6 Å². The van der Waals surface area contributed by atoms with Crippen molar-refractivity contribution in [1.29, 1.82) is 0 Å². The summed E-state index contributed by atoms with van der Waals surface area (Å²) in [4.78, 5) is 16.2. The van der Waals surface area contributed by atoms with Crippen LogP contribution in [0.15, 0.2) is 11.6 Å². The van der Waals surface area contributed by atoms with E-state index < -0.39 is 0 Å². The van der Waals surface area contributed by atoms with Crippen LogP contribution in [0.3, 0.4) is 0 Å². The van der Waals surface area contributed by atoms with E-state index in [1.54, 1.807) is 17.5 Å². The van der Waals surface area contributed by atoms with Crippen molar-refractivity contribution < 1.29 is 4.79 Å². The maximum absolute atomic E-state index is 12.0. The summed E-state index contributed by atoms with van der Waals surface area (Å²) < 4.78 is 0. The Balaban J connectivity index is 1.75. The van der Waals surface area contributed by atoms with Crippen LogP contribution in [0, 0.1) is 0 Å². The number of carbonyl (C=O) groups is 1. The van der Waals surface area contributed by atoms with Crippen LogP contribution < -0.4 is 11.1 Å². The second-order valence-electron chi connectivity index (χ2n) is 5.68. The van der Waals surface area contributed by atoms with Crippen molar-refractivity contribution in [1.82, 2.24) is 10.3 Å². The lowest BCUT2D eigenvalue weighted by molar-refractivity contribution is -0.122. The lowest BCUT2D eigenvalue weighted by Crippen LogP contribution is -2.46. The van der Waals surface area contributed by atoms with Crippen LogP contribution in [-0.2, 0) is 4.79 Å². The van der Waals surface area contributed by atoms with Gasteiger partial charge in [-0.15, -0.1) is 11.3 Å². The molecule has 0 bridgehead atoms. The molecule has 5 heteroatoms. The maximum Gasteiger partial charge on any atom is 0.221 e. The molecule has 106 valence electrons. The van der Waals surface area contributed by atoms with E-state index in [4.69, 9.17) is 5.73 Å². The summed E-state index contributed by atoms with van der Waals surface area (Å²) in [5.41, 5.74) is 6.02. The number of nitrogens with one attached hydrogen (secondary N) is 1. The Bertz CT molecular complexity index is 399. The predicted molar refractivity (Wildman–Crippen MR) is 78.2 cm³/mol. The topological polar surface area (TPSA) is 68.0 Å². The number of hydrogen-bond acceptors (Lipinski definition) is 4. The van der Waals surface area contributed by atoms with Crippen LogP contribution in [0.4, 0.5) is 0 Å². The van der Waals surface area contributed by atoms with Crippen LogP contribution in [0.2, 0.25) is 0 Å². The van der Waals surface area contributed by atoms with Crippen molar-refractivity contribution in [2.75, 3.05) is 6.54 Å².